The van der Waals surface area contributed by atoms with E-state index in [1.807, 2.05) is 39.0 Å². The Kier molecular flexibility index (Phi) is 4.04. The Bertz CT molecular complexity index is 644. The number of hydrogen-bond donors (Lipinski definition) is 0. The van der Waals surface area contributed by atoms with Gasteiger partial charge in [0.1, 0.15) is 5.60 Å². The summed E-state index contributed by atoms with van der Waals surface area (Å²) in [5.41, 5.74) is 2.09. The third-order valence-electron chi connectivity index (χ3n) is 3.01. The van der Waals surface area contributed by atoms with Crippen molar-refractivity contribution in [1.29, 1.82) is 0 Å². The fraction of sp³-hybridized carbons (Fsp3) is 0.412. The molecule has 1 aromatic carbocycles. The van der Waals surface area contributed by atoms with Crippen LogP contribution in [-0.2, 0) is 16.0 Å². The Hall–Kier alpha value is -2.28. The first-order chi connectivity index (χ1) is 9.78. The molecule has 110 valence electrons. The number of ether oxygens (including phenoxy) is 1. The standard InChI is InChI=1S/C17H19NO3/c1-12(19)8-9-13-6-5-7-15-14(13)10-11-18(15)16(20)21-17(2,3)4/h5-7H,10-11H2,1-4H3. The second kappa shape index (κ2) is 5.61. The highest BCUT2D eigenvalue weighted by Gasteiger charge is 2.29. The Morgan fingerprint density at radius 2 is 2.00 bits per heavy atom. The summed E-state index contributed by atoms with van der Waals surface area (Å²) in [6.07, 6.45) is 0.370. The number of carbonyl (C=O) groups excluding carboxylic acids is 2. The third-order valence-corrected chi connectivity index (χ3v) is 3.01. The van der Waals surface area contributed by atoms with Gasteiger partial charge in [0.15, 0.2) is 0 Å². The Balaban J connectivity index is 2.30. The van der Waals surface area contributed by atoms with Gasteiger partial charge in [-0.05, 0) is 50.8 Å². The number of rotatable bonds is 0. The molecule has 21 heavy (non-hydrogen) atoms. The van der Waals surface area contributed by atoms with Crippen LogP contribution in [0.5, 0.6) is 0 Å². The zero-order valence-electron chi connectivity index (χ0n) is 12.8. The van der Waals surface area contributed by atoms with Crippen LogP contribution in [0.15, 0.2) is 18.2 Å². The van der Waals surface area contributed by atoms with Crippen LogP contribution in [0, 0.1) is 11.8 Å². The predicted molar refractivity (Wildman–Crippen MR) is 81.3 cm³/mol. The molecule has 0 aliphatic carbocycles. The van der Waals surface area contributed by atoms with Crippen LogP contribution in [0.2, 0.25) is 0 Å². The third kappa shape index (κ3) is 3.63. The summed E-state index contributed by atoms with van der Waals surface area (Å²) in [7, 11) is 0. The van der Waals surface area contributed by atoms with Crippen molar-refractivity contribution < 1.29 is 14.3 Å². The lowest BCUT2D eigenvalue weighted by molar-refractivity contribution is -0.111. The molecule has 4 nitrogen and oxygen atoms in total. The number of amides is 1. The van der Waals surface area contributed by atoms with E-state index in [9.17, 15) is 9.59 Å². The van der Waals surface area contributed by atoms with Gasteiger partial charge < -0.3 is 4.74 Å². The zero-order chi connectivity index (χ0) is 15.6. The smallest absolute Gasteiger partial charge is 0.414 e. The van der Waals surface area contributed by atoms with Crippen molar-refractivity contribution in [2.24, 2.45) is 0 Å². The van der Waals surface area contributed by atoms with Crippen LogP contribution < -0.4 is 4.90 Å². The fourth-order valence-electron chi connectivity index (χ4n) is 2.21. The van der Waals surface area contributed by atoms with Gasteiger partial charge in [0, 0.05) is 19.0 Å². The van der Waals surface area contributed by atoms with Gasteiger partial charge in [0.05, 0.1) is 5.69 Å². The molecule has 0 saturated carbocycles. The number of fused-ring (bicyclic) bond motifs is 1. The minimum Gasteiger partial charge on any atom is -0.443 e. The molecule has 0 atom stereocenters. The topological polar surface area (TPSA) is 46.6 Å². The average molecular weight is 285 g/mol. The van der Waals surface area contributed by atoms with Crippen molar-refractivity contribution in [2.75, 3.05) is 11.4 Å². The summed E-state index contributed by atoms with van der Waals surface area (Å²) in [6, 6.07) is 5.59. The summed E-state index contributed by atoms with van der Waals surface area (Å²) in [4.78, 5) is 24.8. The van der Waals surface area contributed by atoms with Gasteiger partial charge in [-0.1, -0.05) is 12.0 Å². The maximum absolute atomic E-state index is 12.2. The first-order valence-electron chi connectivity index (χ1n) is 6.93. The molecule has 2 rings (SSSR count). The Morgan fingerprint density at radius 1 is 1.29 bits per heavy atom. The zero-order valence-corrected chi connectivity index (χ0v) is 12.8. The monoisotopic (exact) mass is 285 g/mol. The Morgan fingerprint density at radius 3 is 2.62 bits per heavy atom. The fourth-order valence-corrected chi connectivity index (χ4v) is 2.21. The van der Waals surface area contributed by atoms with Gasteiger partial charge in [-0.3, -0.25) is 9.69 Å². The molecule has 1 amide bonds. The number of benzene rings is 1. The highest BCUT2D eigenvalue weighted by Crippen LogP contribution is 2.31. The highest BCUT2D eigenvalue weighted by atomic mass is 16.6. The average Bonchev–Trinajstić information content (AvgIpc) is 2.78. The van der Waals surface area contributed by atoms with Crippen LogP contribution in [-0.4, -0.2) is 24.0 Å². The normalized spacial score (nSPS) is 13.2. The Labute approximate surface area is 125 Å². The van der Waals surface area contributed by atoms with E-state index in [2.05, 4.69) is 11.8 Å². The van der Waals surface area contributed by atoms with E-state index in [-0.39, 0.29) is 11.9 Å². The number of nitrogens with zero attached hydrogens (tertiary/aromatic N) is 1. The molecule has 1 aliphatic heterocycles. The van der Waals surface area contributed by atoms with E-state index in [0.717, 1.165) is 23.2 Å². The van der Waals surface area contributed by atoms with E-state index < -0.39 is 5.60 Å². The largest absolute Gasteiger partial charge is 0.443 e. The van der Waals surface area contributed by atoms with Gasteiger partial charge in [-0.2, -0.15) is 0 Å². The molecular formula is C17H19NO3. The van der Waals surface area contributed by atoms with Crippen LogP contribution in [0.4, 0.5) is 10.5 Å². The summed E-state index contributed by atoms with van der Waals surface area (Å²) < 4.78 is 5.41. The molecule has 0 aromatic heterocycles. The van der Waals surface area contributed by atoms with Crippen LogP contribution in [0.1, 0.15) is 38.8 Å². The summed E-state index contributed by atoms with van der Waals surface area (Å²) in [5, 5.41) is 0. The molecule has 0 radical (unpaired) electrons. The van der Waals surface area contributed by atoms with Gasteiger partial charge in [-0.15, -0.1) is 0 Å². The van der Waals surface area contributed by atoms with Crippen molar-refractivity contribution in [2.45, 2.75) is 39.7 Å². The second-order valence-electron chi connectivity index (χ2n) is 5.99. The van der Waals surface area contributed by atoms with Gasteiger partial charge in [-0.25, -0.2) is 4.79 Å². The van der Waals surface area contributed by atoms with Gasteiger partial charge >= 0.3 is 6.09 Å². The molecule has 0 N–H and O–H groups in total. The number of anilines is 1. The van der Waals surface area contributed by atoms with Crippen LogP contribution in [0.3, 0.4) is 0 Å². The molecule has 4 heteroatoms. The molecule has 0 saturated heterocycles. The van der Waals surface area contributed by atoms with E-state index in [4.69, 9.17) is 4.74 Å². The molecule has 0 bridgehead atoms. The molecule has 0 fully saturated rings. The number of hydrogen-bond acceptors (Lipinski definition) is 3. The summed E-state index contributed by atoms with van der Waals surface area (Å²) in [6.45, 7) is 7.54. The summed E-state index contributed by atoms with van der Waals surface area (Å²) in [5.74, 6) is 5.25. The van der Waals surface area contributed by atoms with E-state index in [0.29, 0.717) is 6.54 Å². The van der Waals surface area contributed by atoms with Crippen molar-refractivity contribution in [3.63, 3.8) is 0 Å². The van der Waals surface area contributed by atoms with E-state index in [1.165, 1.54) is 6.92 Å². The van der Waals surface area contributed by atoms with Crippen molar-refractivity contribution in [3.05, 3.63) is 29.3 Å². The second-order valence-corrected chi connectivity index (χ2v) is 5.99. The van der Waals surface area contributed by atoms with Crippen molar-refractivity contribution in [3.8, 4) is 11.8 Å². The molecule has 0 spiro atoms. The highest BCUT2D eigenvalue weighted by molar-refractivity contribution is 5.94. The van der Waals surface area contributed by atoms with Gasteiger partial charge in [0.25, 0.3) is 0 Å². The summed E-state index contributed by atoms with van der Waals surface area (Å²) >= 11 is 0. The SMILES string of the molecule is CC(=O)C#Cc1cccc2c1CCN2C(=O)OC(C)(C)C. The molecule has 0 unspecified atom stereocenters. The lowest BCUT2D eigenvalue weighted by Crippen LogP contribution is -2.35. The van der Waals surface area contributed by atoms with Crippen LogP contribution >= 0.6 is 0 Å². The van der Waals surface area contributed by atoms with Gasteiger partial charge in [0.2, 0.25) is 5.78 Å². The molecule has 1 aliphatic rings. The predicted octanol–water partition coefficient (Wildman–Crippen LogP) is 2.92. The number of Topliss-reactive ketones (excluding diaryl/α,β-unsaturated/α-hetero) is 1. The first kappa shape index (κ1) is 15.1. The lowest BCUT2D eigenvalue weighted by atomic mass is 10.1. The first-order valence-corrected chi connectivity index (χ1v) is 6.93. The minimum absolute atomic E-state index is 0.172. The maximum Gasteiger partial charge on any atom is 0.414 e. The van der Waals surface area contributed by atoms with E-state index >= 15 is 0 Å². The molecular weight excluding hydrogens is 266 g/mol. The quantitative estimate of drug-likeness (QED) is 0.689. The van der Waals surface area contributed by atoms with Crippen molar-refractivity contribution >= 4 is 17.6 Å². The number of ketones is 1. The van der Waals surface area contributed by atoms with Crippen LogP contribution in [0.25, 0.3) is 0 Å². The van der Waals surface area contributed by atoms with E-state index in [1.54, 1.807) is 4.90 Å². The molecule has 1 heterocycles. The molecule has 1 aromatic rings. The number of carbonyl (C=O) groups is 2. The van der Waals surface area contributed by atoms with Crippen molar-refractivity contribution in [1.82, 2.24) is 0 Å². The minimum atomic E-state index is -0.522. The maximum atomic E-state index is 12.2. The lowest BCUT2D eigenvalue weighted by Gasteiger charge is -2.24.